The number of hydrogen-bond donors (Lipinski definition) is 0. The number of anilines is 1. The van der Waals surface area contributed by atoms with Crippen molar-refractivity contribution >= 4 is 28.8 Å². The van der Waals surface area contributed by atoms with Crippen molar-refractivity contribution in [2.24, 2.45) is 4.99 Å². The average molecular weight is 410 g/mol. The number of nitro benzene ring substituents is 1. The summed E-state index contributed by atoms with van der Waals surface area (Å²) in [6, 6.07) is 13.8. The molecule has 1 aliphatic heterocycles. The number of nitro groups is 1. The Kier molecular flexibility index (Phi) is 5.13. The van der Waals surface area contributed by atoms with Gasteiger partial charge in [0, 0.05) is 17.8 Å². The highest BCUT2D eigenvalue weighted by atomic mass is 32.1. The minimum Gasteiger partial charge on any atom is -0.494 e. The number of ether oxygens (including phenoxy) is 1. The summed E-state index contributed by atoms with van der Waals surface area (Å²) in [5.74, 6) is 0.804. The predicted molar refractivity (Wildman–Crippen MR) is 111 cm³/mol. The third-order valence-electron chi connectivity index (χ3n) is 4.49. The Bertz CT molecular complexity index is 1210. The first-order valence-corrected chi connectivity index (χ1v) is 9.85. The molecule has 8 nitrogen and oxygen atoms in total. The topological polar surface area (TPSA) is 90.0 Å². The van der Waals surface area contributed by atoms with Crippen LogP contribution in [0.15, 0.2) is 58.3 Å². The molecule has 0 amide bonds. The SMILES string of the molecule is CCOc1ccc(N2CN=c3s/c(=C\c4ccc([N+](=O)[O-])cc4)c(=O)n3C2)cc1. The smallest absolute Gasteiger partial charge is 0.271 e. The fraction of sp³-hybridized carbons (Fsp3) is 0.200. The summed E-state index contributed by atoms with van der Waals surface area (Å²) in [5.41, 5.74) is 1.59. The van der Waals surface area contributed by atoms with Crippen LogP contribution in [0.3, 0.4) is 0 Å². The van der Waals surface area contributed by atoms with Crippen LogP contribution in [-0.2, 0) is 6.67 Å². The Hall–Kier alpha value is -3.46. The second kappa shape index (κ2) is 7.88. The maximum atomic E-state index is 12.8. The molecule has 0 aliphatic carbocycles. The molecule has 1 aliphatic rings. The zero-order valence-corrected chi connectivity index (χ0v) is 16.5. The highest BCUT2D eigenvalue weighted by Crippen LogP contribution is 2.20. The van der Waals surface area contributed by atoms with Gasteiger partial charge in [-0.05, 0) is 55.0 Å². The molecule has 0 radical (unpaired) electrons. The third kappa shape index (κ3) is 3.90. The standard InChI is InChI=1S/C20H18N4O4S/c1-2-28-17-9-7-15(8-10-17)22-12-21-20-23(13-22)19(25)18(29-20)11-14-3-5-16(6-4-14)24(26)27/h3-11H,2,12-13H2,1H3/b18-11-. The first-order valence-electron chi connectivity index (χ1n) is 9.03. The fourth-order valence-electron chi connectivity index (χ4n) is 3.04. The predicted octanol–water partition coefficient (Wildman–Crippen LogP) is 2.10. The van der Waals surface area contributed by atoms with Crippen molar-refractivity contribution in [3.8, 4) is 5.75 Å². The molecule has 29 heavy (non-hydrogen) atoms. The molecule has 148 valence electrons. The van der Waals surface area contributed by atoms with Gasteiger partial charge in [-0.2, -0.15) is 0 Å². The Morgan fingerprint density at radius 3 is 2.59 bits per heavy atom. The fourth-order valence-corrected chi connectivity index (χ4v) is 4.00. The maximum absolute atomic E-state index is 12.8. The first kappa shape index (κ1) is 18.9. The first-order chi connectivity index (χ1) is 14.0. The van der Waals surface area contributed by atoms with Gasteiger partial charge in [0.25, 0.3) is 11.2 Å². The third-order valence-corrected chi connectivity index (χ3v) is 5.54. The van der Waals surface area contributed by atoms with Crippen LogP contribution in [-0.4, -0.2) is 22.8 Å². The van der Waals surface area contributed by atoms with Crippen LogP contribution < -0.4 is 24.5 Å². The number of rotatable bonds is 5. The second-order valence-electron chi connectivity index (χ2n) is 6.38. The summed E-state index contributed by atoms with van der Waals surface area (Å²) in [7, 11) is 0. The van der Waals surface area contributed by atoms with E-state index in [1.807, 2.05) is 36.1 Å². The van der Waals surface area contributed by atoms with E-state index in [1.165, 1.54) is 23.5 Å². The van der Waals surface area contributed by atoms with Crippen LogP contribution in [0.5, 0.6) is 5.75 Å². The van der Waals surface area contributed by atoms with Crippen LogP contribution in [0.1, 0.15) is 12.5 Å². The molecule has 0 bridgehead atoms. The molecule has 0 spiro atoms. The number of nitrogens with zero attached hydrogens (tertiary/aromatic N) is 4. The summed E-state index contributed by atoms with van der Waals surface area (Å²) < 4.78 is 7.66. The van der Waals surface area contributed by atoms with Gasteiger partial charge in [-0.15, -0.1) is 0 Å². The number of thiazole rings is 1. The Labute approximate surface area is 169 Å². The van der Waals surface area contributed by atoms with E-state index in [2.05, 4.69) is 4.99 Å². The van der Waals surface area contributed by atoms with Gasteiger partial charge in [-0.25, -0.2) is 4.99 Å². The van der Waals surface area contributed by atoms with Gasteiger partial charge in [0.15, 0.2) is 4.80 Å². The van der Waals surface area contributed by atoms with E-state index in [0.29, 0.717) is 29.3 Å². The van der Waals surface area contributed by atoms with Gasteiger partial charge in [0.2, 0.25) is 0 Å². The number of benzene rings is 2. The molecule has 0 N–H and O–H groups in total. The molecule has 0 saturated heterocycles. The van der Waals surface area contributed by atoms with Gasteiger partial charge in [0.05, 0.1) is 16.1 Å². The molecule has 2 aromatic carbocycles. The highest BCUT2D eigenvalue weighted by Gasteiger charge is 2.16. The summed E-state index contributed by atoms with van der Waals surface area (Å²) in [6.07, 6.45) is 1.73. The highest BCUT2D eigenvalue weighted by molar-refractivity contribution is 7.07. The van der Waals surface area contributed by atoms with E-state index in [4.69, 9.17) is 4.74 Å². The van der Waals surface area contributed by atoms with E-state index in [1.54, 1.807) is 22.8 Å². The summed E-state index contributed by atoms with van der Waals surface area (Å²) >= 11 is 1.32. The zero-order chi connectivity index (χ0) is 20.4. The van der Waals surface area contributed by atoms with Gasteiger partial charge < -0.3 is 9.64 Å². The maximum Gasteiger partial charge on any atom is 0.271 e. The van der Waals surface area contributed by atoms with Crippen LogP contribution in [0, 0.1) is 10.1 Å². The molecule has 9 heteroatoms. The van der Waals surface area contributed by atoms with Crippen LogP contribution >= 0.6 is 11.3 Å². The van der Waals surface area contributed by atoms with Crippen LogP contribution in [0.25, 0.3) is 6.08 Å². The lowest BCUT2D eigenvalue weighted by atomic mass is 10.2. The monoisotopic (exact) mass is 410 g/mol. The molecule has 0 saturated carbocycles. The number of hydrogen-bond acceptors (Lipinski definition) is 7. The van der Waals surface area contributed by atoms with Crippen molar-refractivity contribution in [1.29, 1.82) is 0 Å². The molecule has 0 unspecified atom stereocenters. The molecule has 0 atom stereocenters. The summed E-state index contributed by atoms with van der Waals surface area (Å²) in [4.78, 5) is 30.4. The van der Waals surface area contributed by atoms with Gasteiger partial charge in [0.1, 0.15) is 19.1 Å². The van der Waals surface area contributed by atoms with Crippen molar-refractivity contribution in [2.75, 3.05) is 18.2 Å². The minimum absolute atomic E-state index is 0.0188. The molecular formula is C20H18N4O4S. The normalized spacial score (nSPS) is 13.7. The van der Waals surface area contributed by atoms with Gasteiger partial charge >= 0.3 is 0 Å². The molecule has 0 fully saturated rings. The molecule has 1 aromatic heterocycles. The largest absolute Gasteiger partial charge is 0.494 e. The molecule has 4 rings (SSSR count). The van der Waals surface area contributed by atoms with Crippen molar-refractivity contribution in [2.45, 2.75) is 13.6 Å². The van der Waals surface area contributed by atoms with Crippen molar-refractivity contribution in [1.82, 2.24) is 4.57 Å². The van der Waals surface area contributed by atoms with E-state index in [-0.39, 0.29) is 11.2 Å². The quantitative estimate of drug-likeness (QED) is 0.475. The van der Waals surface area contributed by atoms with Gasteiger partial charge in [-0.1, -0.05) is 11.3 Å². The van der Waals surface area contributed by atoms with E-state index in [0.717, 1.165) is 17.0 Å². The number of non-ortho nitro benzene ring substituents is 1. The minimum atomic E-state index is -0.448. The van der Waals surface area contributed by atoms with Gasteiger partial charge in [-0.3, -0.25) is 19.5 Å². The Morgan fingerprint density at radius 1 is 1.21 bits per heavy atom. The van der Waals surface area contributed by atoms with E-state index >= 15 is 0 Å². The van der Waals surface area contributed by atoms with E-state index < -0.39 is 4.92 Å². The lowest BCUT2D eigenvalue weighted by Crippen LogP contribution is -2.42. The Morgan fingerprint density at radius 2 is 1.93 bits per heavy atom. The molecule has 3 aromatic rings. The van der Waals surface area contributed by atoms with Crippen molar-refractivity contribution in [3.63, 3.8) is 0 Å². The lowest BCUT2D eigenvalue weighted by molar-refractivity contribution is -0.384. The number of aromatic nitrogens is 1. The zero-order valence-electron chi connectivity index (χ0n) is 15.6. The lowest BCUT2D eigenvalue weighted by Gasteiger charge is -2.25. The molecular weight excluding hydrogens is 392 g/mol. The van der Waals surface area contributed by atoms with Crippen molar-refractivity contribution < 1.29 is 9.66 Å². The number of fused-ring (bicyclic) bond motifs is 1. The van der Waals surface area contributed by atoms with Crippen molar-refractivity contribution in [3.05, 3.63) is 83.9 Å². The summed E-state index contributed by atoms with van der Waals surface area (Å²) in [5, 5.41) is 10.8. The summed E-state index contributed by atoms with van der Waals surface area (Å²) in [6.45, 7) is 3.43. The second-order valence-corrected chi connectivity index (χ2v) is 7.39. The molecule has 2 heterocycles. The average Bonchev–Trinajstić information content (AvgIpc) is 3.04. The van der Waals surface area contributed by atoms with Crippen LogP contribution in [0.4, 0.5) is 11.4 Å². The van der Waals surface area contributed by atoms with E-state index in [9.17, 15) is 14.9 Å². The Balaban J connectivity index is 1.61. The van der Waals surface area contributed by atoms with Crippen LogP contribution in [0.2, 0.25) is 0 Å².